The molecule has 0 aliphatic carbocycles. The zero-order valence-electron chi connectivity index (χ0n) is 8.76. The number of halogens is 1. The molecule has 0 spiro atoms. The first-order valence-corrected chi connectivity index (χ1v) is 5.93. The highest BCUT2D eigenvalue weighted by Crippen LogP contribution is 2.31. The normalized spacial score (nSPS) is 34.8. The Morgan fingerprint density at radius 3 is 2.85 bits per heavy atom. The van der Waals surface area contributed by atoms with Gasteiger partial charge in [0.1, 0.15) is 5.56 Å². The molecule has 1 rings (SSSR count). The molecular weight excluding hydrogens is 184 g/mol. The van der Waals surface area contributed by atoms with Gasteiger partial charge in [-0.25, -0.2) is 0 Å². The molecule has 1 saturated heterocycles. The molecule has 3 atom stereocenters. The highest BCUT2D eigenvalue weighted by molar-refractivity contribution is 6.19. The van der Waals surface area contributed by atoms with Crippen molar-refractivity contribution in [1.29, 1.82) is 0 Å². The smallest absolute Gasteiger partial charge is 0.134 e. The van der Waals surface area contributed by atoms with Crippen LogP contribution in [0.15, 0.2) is 0 Å². The van der Waals surface area contributed by atoms with Gasteiger partial charge in [-0.2, -0.15) is 0 Å². The molecule has 1 nitrogen and oxygen atoms in total. The van der Waals surface area contributed by atoms with E-state index in [1.165, 1.54) is 32.1 Å². The zero-order chi connectivity index (χ0) is 9.68. The minimum absolute atomic E-state index is 0.0203. The number of hydrogen-bond acceptors (Lipinski definition) is 1. The van der Waals surface area contributed by atoms with E-state index in [9.17, 15) is 0 Å². The van der Waals surface area contributed by atoms with Crippen LogP contribution in [-0.2, 0) is 4.74 Å². The third-order valence-electron chi connectivity index (χ3n) is 2.79. The first-order chi connectivity index (χ1) is 6.24. The molecule has 0 bridgehead atoms. The van der Waals surface area contributed by atoms with Crippen LogP contribution >= 0.6 is 11.6 Å². The highest BCUT2D eigenvalue weighted by atomic mass is 35.5. The van der Waals surface area contributed by atoms with E-state index in [0.717, 1.165) is 6.61 Å². The van der Waals surface area contributed by atoms with Crippen molar-refractivity contribution < 1.29 is 4.74 Å². The van der Waals surface area contributed by atoms with E-state index in [1.807, 2.05) is 0 Å². The van der Waals surface area contributed by atoms with Gasteiger partial charge in [0.25, 0.3) is 0 Å². The minimum Gasteiger partial charge on any atom is -0.362 e. The van der Waals surface area contributed by atoms with Crippen LogP contribution in [0, 0.1) is 11.8 Å². The van der Waals surface area contributed by atoms with Crippen LogP contribution in [0.4, 0.5) is 0 Å². The molecule has 0 aromatic carbocycles. The minimum atomic E-state index is -0.0203. The molecule has 0 saturated carbocycles. The summed E-state index contributed by atoms with van der Waals surface area (Å²) in [6.07, 6.45) is 6.41. The number of ether oxygens (including phenoxy) is 1. The summed E-state index contributed by atoms with van der Waals surface area (Å²) in [4.78, 5) is 0. The van der Waals surface area contributed by atoms with Crippen molar-refractivity contribution in [3.63, 3.8) is 0 Å². The predicted octanol–water partition coefficient (Wildman–Crippen LogP) is 3.80. The van der Waals surface area contributed by atoms with Crippen LogP contribution < -0.4 is 0 Å². The van der Waals surface area contributed by atoms with Gasteiger partial charge in [0.05, 0.1) is 6.61 Å². The summed E-state index contributed by atoms with van der Waals surface area (Å²) in [5.74, 6) is 1.29. The molecule has 1 aliphatic rings. The van der Waals surface area contributed by atoms with E-state index in [2.05, 4.69) is 13.8 Å². The number of hydrogen-bond donors (Lipinski definition) is 0. The molecular formula is C11H21ClO. The maximum atomic E-state index is 6.10. The van der Waals surface area contributed by atoms with E-state index in [4.69, 9.17) is 16.3 Å². The van der Waals surface area contributed by atoms with Crippen molar-refractivity contribution in [3.8, 4) is 0 Å². The summed E-state index contributed by atoms with van der Waals surface area (Å²) in [5, 5.41) is 0. The Kier molecular flexibility index (Phi) is 5.12. The quantitative estimate of drug-likeness (QED) is 0.500. The van der Waals surface area contributed by atoms with Crippen molar-refractivity contribution >= 4 is 11.6 Å². The molecule has 0 aromatic heterocycles. The first kappa shape index (κ1) is 11.3. The van der Waals surface area contributed by atoms with Crippen LogP contribution in [0.25, 0.3) is 0 Å². The van der Waals surface area contributed by atoms with E-state index < -0.39 is 0 Å². The molecule has 2 heteroatoms. The van der Waals surface area contributed by atoms with E-state index in [1.54, 1.807) is 0 Å². The maximum absolute atomic E-state index is 6.10. The van der Waals surface area contributed by atoms with Gasteiger partial charge >= 0.3 is 0 Å². The molecule has 1 fully saturated rings. The van der Waals surface area contributed by atoms with Gasteiger partial charge in [0, 0.05) is 0 Å². The Labute approximate surface area is 86.8 Å². The van der Waals surface area contributed by atoms with Gasteiger partial charge in [-0.1, -0.05) is 44.7 Å². The molecule has 1 heterocycles. The van der Waals surface area contributed by atoms with Crippen LogP contribution in [-0.4, -0.2) is 12.2 Å². The van der Waals surface area contributed by atoms with Crippen LogP contribution in [0.1, 0.15) is 46.0 Å². The Morgan fingerprint density at radius 1 is 1.38 bits per heavy atom. The van der Waals surface area contributed by atoms with E-state index in [-0.39, 0.29) is 5.56 Å². The SMILES string of the molecule is CCCCCC1CC(C)COC1Cl. The average Bonchev–Trinajstić information content (AvgIpc) is 2.11. The fourth-order valence-corrected chi connectivity index (χ4v) is 2.29. The third kappa shape index (κ3) is 3.86. The lowest BCUT2D eigenvalue weighted by Gasteiger charge is -2.31. The Hall–Kier alpha value is 0.250. The first-order valence-electron chi connectivity index (χ1n) is 5.49. The number of unbranched alkanes of at least 4 members (excludes halogenated alkanes) is 2. The standard InChI is InChI=1S/C11H21ClO/c1-3-4-5-6-10-7-9(2)8-13-11(10)12/h9-11H,3-8H2,1-2H3. The molecule has 3 unspecified atom stereocenters. The second-order valence-corrected chi connectivity index (χ2v) is 4.71. The van der Waals surface area contributed by atoms with Crippen molar-refractivity contribution in [1.82, 2.24) is 0 Å². The highest BCUT2D eigenvalue weighted by Gasteiger charge is 2.26. The van der Waals surface area contributed by atoms with Crippen molar-refractivity contribution in [2.75, 3.05) is 6.61 Å². The lowest BCUT2D eigenvalue weighted by Crippen LogP contribution is -2.29. The zero-order valence-corrected chi connectivity index (χ0v) is 9.52. The summed E-state index contributed by atoms with van der Waals surface area (Å²) in [6, 6.07) is 0. The average molecular weight is 205 g/mol. The van der Waals surface area contributed by atoms with Gasteiger partial charge in [-0.3, -0.25) is 0 Å². The topological polar surface area (TPSA) is 9.23 Å². The van der Waals surface area contributed by atoms with E-state index in [0.29, 0.717) is 11.8 Å². The van der Waals surface area contributed by atoms with Crippen LogP contribution in [0.3, 0.4) is 0 Å². The summed E-state index contributed by atoms with van der Waals surface area (Å²) >= 11 is 6.10. The summed E-state index contributed by atoms with van der Waals surface area (Å²) < 4.78 is 5.50. The third-order valence-corrected chi connectivity index (χ3v) is 3.28. The number of alkyl halides is 1. The predicted molar refractivity (Wildman–Crippen MR) is 57.0 cm³/mol. The monoisotopic (exact) mass is 204 g/mol. The fraction of sp³-hybridized carbons (Fsp3) is 1.00. The Morgan fingerprint density at radius 2 is 2.15 bits per heavy atom. The maximum Gasteiger partial charge on any atom is 0.134 e. The Bertz CT molecular complexity index is 138. The van der Waals surface area contributed by atoms with Gasteiger partial charge in [-0.05, 0) is 24.7 Å². The molecule has 78 valence electrons. The van der Waals surface area contributed by atoms with Gasteiger partial charge in [0.2, 0.25) is 0 Å². The van der Waals surface area contributed by atoms with Crippen LogP contribution in [0.2, 0.25) is 0 Å². The Balaban J connectivity index is 2.21. The fourth-order valence-electron chi connectivity index (χ4n) is 1.99. The molecule has 0 amide bonds. The van der Waals surface area contributed by atoms with E-state index >= 15 is 0 Å². The lowest BCUT2D eigenvalue weighted by molar-refractivity contribution is -0.00899. The van der Waals surface area contributed by atoms with Crippen molar-refractivity contribution in [3.05, 3.63) is 0 Å². The molecule has 0 aromatic rings. The molecule has 1 aliphatic heterocycles. The van der Waals surface area contributed by atoms with Crippen LogP contribution in [0.5, 0.6) is 0 Å². The second kappa shape index (κ2) is 5.87. The van der Waals surface area contributed by atoms with Gasteiger partial charge in [-0.15, -0.1) is 0 Å². The van der Waals surface area contributed by atoms with Crippen molar-refractivity contribution in [2.24, 2.45) is 11.8 Å². The summed E-state index contributed by atoms with van der Waals surface area (Å²) in [7, 11) is 0. The van der Waals surface area contributed by atoms with Crippen molar-refractivity contribution in [2.45, 2.75) is 51.5 Å². The molecule has 0 radical (unpaired) electrons. The molecule has 13 heavy (non-hydrogen) atoms. The van der Waals surface area contributed by atoms with Gasteiger partial charge in [0.15, 0.2) is 0 Å². The summed E-state index contributed by atoms with van der Waals surface area (Å²) in [6.45, 7) is 5.33. The summed E-state index contributed by atoms with van der Waals surface area (Å²) in [5.41, 5.74) is -0.0203. The molecule has 0 N–H and O–H groups in total. The van der Waals surface area contributed by atoms with Gasteiger partial charge < -0.3 is 4.74 Å². The largest absolute Gasteiger partial charge is 0.362 e. The lowest BCUT2D eigenvalue weighted by atomic mass is 9.90. The second-order valence-electron chi connectivity index (χ2n) is 4.28. The number of rotatable bonds is 4.